The second-order valence-electron chi connectivity index (χ2n) is 5.51. The Morgan fingerprint density at radius 1 is 1.50 bits per heavy atom. The van der Waals surface area contributed by atoms with E-state index in [-0.39, 0.29) is 23.6 Å². The first-order valence-corrected chi connectivity index (χ1v) is 8.77. The highest BCUT2D eigenvalue weighted by Crippen LogP contribution is 2.30. The summed E-state index contributed by atoms with van der Waals surface area (Å²) in [7, 11) is 1.72. The van der Waals surface area contributed by atoms with Crippen LogP contribution >= 0.6 is 11.8 Å². The van der Waals surface area contributed by atoms with E-state index in [9.17, 15) is 9.59 Å². The van der Waals surface area contributed by atoms with Gasteiger partial charge >= 0.3 is 5.97 Å². The third-order valence-corrected chi connectivity index (χ3v) is 4.76. The number of hydrogen-bond donors (Lipinski definition) is 0. The summed E-state index contributed by atoms with van der Waals surface area (Å²) >= 11 is 1.47. The molecule has 0 radical (unpaired) electrons. The number of carbonyl (C=O) groups excluding carboxylic acids is 1. The van der Waals surface area contributed by atoms with Crippen LogP contribution < -0.4 is 5.56 Å². The van der Waals surface area contributed by atoms with Crippen molar-refractivity contribution >= 4 is 28.8 Å². The fourth-order valence-electron chi connectivity index (χ4n) is 2.59. The topological polar surface area (TPSA) is 101 Å². The first kappa shape index (κ1) is 16.9. The van der Waals surface area contributed by atoms with E-state index in [1.807, 2.05) is 6.92 Å². The molecule has 3 rings (SSSR count). The quantitative estimate of drug-likeness (QED) is 0.721. The Labute approximate surface area is 142 Å². The van der Waals surface area contributed by atoms with Gasteiger partial charge in [0, 0.05) is 19.7 Å². The summed E-state index contributed by atoms with van der Waals surface area (Å²) in [5.74, 6) is 0.172. The van der Waals surface area contributed by atoms with E-state index in [2.05, 4.69) is 15.4 Å². The minimum atomic E-state index is -0.538. The number of hydrogen-bond acceptors (Lipinski definition) is 8. The molecule has 0 aromatic carbocycles. The van der Waals surface area contributed by atoms with E-state index < -0.39 is 6.23 Å². The van der Waals surface area contributed by atoms with Crippen molar-refractivity contribution in [3.05, 3.63) is 16.0 Å². The molecule has 9 nitrogen and oxygen atoms in total. The van der Waals surface area contributed by atoms with Crippen molar-refractivity contribution in [2.75, 3.05) is 12.4 Å². The summed E-state index contributed by atoms with van der Waals surface area (Å²) in [6, 6.07) is 0. The van der Waals surface area contributed by atoms with Crippen LogP contribution in [0.5, 0.6) is 0 Å². The summed E-state index contributed by atoms with van der Waals surface area (Å²) in [5.41, 5.74) is 1.15. The van der Waals surface area contributed by atoms with Gasteiger partial charge < -0.3 is 9.47 Å². The van der Waals surface area contributed by atoms with Gasteiger partial charge in [-0.25, -0.2) is 0 Å². The van der Waals surface area contributed by atoms with Gasteiger partial charge in [-0.2, -0.15) is 9.78 Å². The molecule has 24 heavy (non-hydrogen) atoms. The Morgan fingerprint density at radius 2 is 2.29 bits per heavy atom. The highest BCUT2D eigenvalue weighted by atomic mass is 32.2. The van der Waals surface area contributed by atoms with E-state index in [0.29, 0.717) is 16.8 Å². The van der Waals surface area contributed by atoms with E-state index >= 15 is 0 Å². The molecule has 1 saturated heterocycles. The van der Waals surface area contributed by atoms with E-state index in [1.54, 1.807) is 11.7 Å². The zero-order valence-electron chi connectivity index (χ0n) is 13.8. The molecule has 0 amide bonds. The number of fused-ring (bicyclic) bond motifs is 1. The van der Waals surface area contributed by atoms with E-state index in [1.165, 1.54) is 23.4 Å². The van der Waals surface area contributed by atoms with Crippen LogP contribution in [0.25, 0.3) is 11.0 Å². The number of aryl methyl sites for hydroxylation is 2. The van der Waals surface area contributed by atoms with Crippen molar-refractivity contribution in [3.8, 4) is 0 Å². The minimum Gasteiger partial charge on any atom is -0.462 e. The van der Waals surface area contributed by atoms with Gasteiger partial charge in [0.15, 0.2) is 11.7 Å². The zero-order chi connectivity index (χ0) is 17.3. The maximum Gasteiger partial charge on any atom is 0.302 e. The van der Waals surface area contributed by atoms with Crippen molar-refractivity contribution in [1.82, 2.24) is 24.8 Å². The lowest BCUT2D eigenvalue weighted by Crippen LogP contribution is -2.31. The highest BCUT2D eigenvalue weighted by molar-refractivity contribution is 8.00. The average molecular weight is 353 g/mol. The average Bonchev–Trinajstić information content (AvgIpc) is 3.12. The smallest absolute Gasteiger partial charge is 0.302 e. The van der Waals surface area contributed by atoms with Crippen LogP contribution in [0.3, 0.4) is 0 Å². The van der Waals surface area contributed by atoms with Crippen molar-refractivity contribution in [1.29, 1.82) is 0 Å². The maximum atomic E-state index is 12.8. The largest absolute Gasteiger partial charge is 0.462 e. The van der Waals surface area contributed by atoms with Crippen molar-refractivity contribution in [2.24, 2.45) is 7.05 Å². The van der Waals surface area contributed by atoms with Gasteiger partial charge in [0.25, 0.3) is 5.56 Å². The van der Waals surface area contributed by atoms with Crippen LogP contribution in [0, 0.1) is 0 Å². The third kappa shape index (κ3) is 3.16. The zero-order valence-corrected chi connectivity index (χ0v) is 14.6. The molecule has 2 unspecified atom stereocenters. The Hall–Kier alpha value is -1.94. The van der Waals surface area contributed by atoms with Crippen LogP contribution in [0.15, 0.2) is 4.79 Å². The molecule has 130 valence electrons. The number of thioether (sulfide) groups is 1. The van der Waals surface area contributed by atoms with Gasteiger partial charge in [-0.05, 0) is 6.42 Å². The molecule has 2 aromatic rings. The molecule has 1 aliphatic rings. The van der Waals surface area contributed by atoms with Crippen LogP contribution in [0.1, 0.15) is 32.2 Å². The second-order valence-corrected chi connectivity index (χ2v) is 6.71. The number of nitrogens with zero attached hydrogens (tertiary/aromatic N) is 5. The summed E-state index contributed by atoms with van der Waals surface area (Å²) in [6.07, 6.45) is 1.12. The Bertz CT molecular complexity index is 817. The van der Waals surface area contributed by atoms with Gasteiger partial charge in [0.2, 0.25) is 0 Å². The number of esters is 1. The lowest BCUT2D eigenvalue weighted by atomic mass is 10.2. The van der Waals surface area contributed by atoms with E-state index in [4.69, 9.17) is 9.47 Å². The van der Waals surface area contributed by atoms with Gasteiger partial charge in [-0.15, -0.1) is 16.9 Å². The van der Waals surface area contributed by atoms with Gasteiger partial charge in [0.1, 0.15) is 17.6 Å². The number of aromatic nitrogens is 5. The van der Waals surface area contributed by atoms with Crippen molar-refractivity contribution in [2.45, 2.75) is 38.4 Å². The fraction of sp³-hybridized carbons (Fsp3) is 0.643. The van der Waals surface area contributed by atoms with Gasteiger partial charge in [-0.1, -0.05) is 18.6 Å². The lowest BCUT2D eigenvalue weighted by molar-refractivity contribution is -0.144. The molecule has 0 saturated carbocycles. The standard InChI is InChI=1S/C14H19N5O4S/c1-4-5-9-12-13(18(3)16-9)14(21)19(17-15-12)10-7-24-11(23-10)6-22-8(2)20/h10-11H,4-7H2,1-3H3. The predicted molar refractivity (Wildman–Crippen MR) is 87.6 cm³/mol. The predicted octanol–water partition coefficient (Wildman–Crippen LogP) is 0.629. The summed E-state index contributed by atoms with van der Waals surface area (Å²) in [4.78, 5) is 23.6. The number of rotatable bonds is 5. The molecule has 0 N–H and O–H groups in total. The van der Waals surface area contributed by atoms with Crippen molar-refractivity contribution in [3.63, 3.8) is 0 Å². The SMILES string of the molecule is CCCc1nn(C)c2c(=O)n(C3CSC(COC(C)=O)O3)nnc12. The minimum absolute atomic E-state index is 0.146. The summed E-state index contributed by atoms with van der Waals surface area (Å²) in [5, 5.41) is 12.6. The monoisotopic (exact) mass is 353 g/mol. The van der Waals surface area contributed by atoms with Crippen LogP contribution in [-0.4, -0.2) is 48.5 Å². The normalized spacial score (nSPS) is 20.6. The molecule has 2 atom stereocenters. The molecule has 2 aromatic heterocycles. The summed E-state index contributed by atoms with van der Waals surface area (Å²) < 4.78 is 13.5. The molecule has 0 bridgehead atoms. The van der Waals surface area contributed by atoms with E-state index in [0.717, 1.165) is 18.5 Å². The third-order valence-electron chi connectivity index (χ3n) is 3.66. The molecule has 3 heterocycles. The van der Waals surface area contributed by atoms with Gasteiger partial charge in [-0.3, -0.25) is 14.3 Å². The Balaban J connectivity index is 1.86. The van der Waals surface area contributed by atoms with Crippen LogP contribution in [-0.2, 0) is 27.7 Å². The van der Waals surface area contributed by atoms with Gasteiger partial charge in [0.05, 0.1) is 5.69 Å². The Morgan fingerprint density at radius 3 is 3.00 bits per heavy atom. The first-order valence-electron chi connectivity index (χ1n) is 7.72. The van der Waals surface area contributed by atoms with Crippen LogP contribution in [0.2, 0.25) is 0 Å². The van der Waals surface area contributed by atoms with Crippen LogP contribution in [0.4, 0.5) is 0 Å². The fourth-order valence-corrected chi connectivity index (χ4v) is 3.56. The lowest BCUT2D eigenvalue weighted by Gasteiger charge is -2.13. The molecular formula is C14H19N5O4S. The molecule has 1 aliphatic heterocycles. The maximum absolute atomic E-state index is 12.8. The molecule has 10 heteroatoms. The molecule has 0 aliphatic carbocycles. The second kappa shape index (κ2) is 6.89. The Kier molecular flexibility index (Phi) is 4.86. The molecule has 1 fully saturated rings. The van der Waals surface area contributed by atoms with Crippen molar-refractivity contribution < 1.29 is 14.3 Å². The first-order chi connectivity index (χ1) is 11.5. The molecule has 0 spiro atoms. The summed E-state index contributed by atoms with van der Waals surface area (Å²) in [6.45, 7) is 3.53. The number of ether oxygens (including phenoxy) is 2. The highest BCUT2D eigenvalue weighted by Gasteiger charge is 2.30. The number of carbonyl (C=O) groups is 1. The molecular weight excluding hydrogens is 334 g/mol.